The first-order chi connectivity index (χ1) is 11.7. The van der Waals surface area contributed by atoms with E-state index in [-0.39, 0.29) is 5.91 Å². The van der Waals surface area contributed by atoms with Gasteiger partial charge in [0.1, 0.15) is 5.75 Å². The van der Waals surface area contributed by atoms with Crippen molar-refractivity contribution in [1.82, 2.24) is 4.90 Å². The van der Waals surface area contributed by atoms with Crippen molar-refractivity contribution in [3.63, 3.8) is 0 Å². The summed E-state index contributed by atoms with van der Waals surface area (Å²) >= 11 is 0. The van der Waals surface area contributed by atoms with Gasteiger partial charge in [0.05, 0.1) is 13.2 Å². The molecule has 4 nitrogen and oxygen atoms in total. The average Bonchev–Trinajstić information content (AvgIpc) is 3.12. The zero-order valence-electron chi connectivity index (χ0n) is 14.0. The smallest absolute Gasteiger partial charge is 0.239 e. The zero-order chi connectivity index (χ0) is 16.9. The summed E-state index contributed by atoms with van der Waals surface area (Å²) in [6.45, 7) is 1.52. The normalized spacial score (nSPS) is 18.4. The number of nitrogens with zero attached hydrogens (tertiary/aromatic N) is 1. The van der Waals surface area contributed by atoms with E-state index in [1.54, 1.807) is 7.11 Å². The summed E-state index contributed by atoms with van der Waals surface area (Å²) < 4.78 is 5.20. The summed E-state index contributed by atoms with van der Waals surface area (Å²) in [6.07, 6.45) is 1.57. The minimum atomic E-state index is -0.470. The molecule has 2 aromatic carbocycles. The van der Waals surface area contributed by atoms with Crippen molar-refractivity contribution >= 4 is 5.91 Å². The highest BCUT2D eigenvalue weighted by Gasteiger charge is 2.30. The molecule has 0 saturated carbocycles. The average molecular weight is 324 g/mol. The van der Waals surface area contributed by atoms with Gasteiger partial charge in [0, 0.05) is 19.0 Å². The molecule has 2 N–H and O–H groups in total. The number of hydrogen-bond donors (Lipinski definition) is 1. The van der Waals surface area contributed by atoms with Crippen LogP contribution < -0.4 is 10.5 Å². The number of likely N-dealkylation sites (tertiary alicyclic amines) is 1. The van der Waals surface area contributed by atoms with Crippen molar-refractivity contribution in [2.75, 3.05) is 20.2 Å². The molecule has 0 spiro atoms. The van der Waals surface area contributed by atoms with Crippen LogP contribution in [-0.2, 0) is 11.2 Å². The van der Waals surface area contributed by atoms with Gasteiger partial charge in [-0.2, -0.15) is 0 Å². The lowest BCUT2D eigenvalue weighted by atomic mass is 9.98. The topological polar surface area (TPSA) is 55.6 Å². The van der Waals surface area contributed by atoms with E-state index >= 15 is 0 Å². The van der Waals surface area contributed by atoms with Crippen LogP contribution in [0.1, 0.15) is 23.5 Å². The maximum atomic E-state index is 12.6. The molecule has 1 aliphatic rings. The van der Waals surface area contributed by atoms with Crippen LogP contribution in [0.4, 0.5) is 0 Å². The lowest BCUT2D eigenvalue weighted by molar-refractivity contribution is -0.131. The zero-order valence-corrected chi connectivity index (χ0v) is 14.0. The van der Waals surface area contributed by atoms with Gasteiger partial charge in [-0.05, 0) is 36.1 Å². The molecule has 1 heterocycles. The number of benzene rings is 2. The summed E-state index contributed by atoms with van der Waals surface area (Å²) in [4.78, 5) is 14.5. The van der Waals surface area contributed by atoms with Crippen LogP contribution in [0.5, 0.6) is 5.75 Å². The fraction of sp³-hybridized carbons (Fsp3) is 0.350. The van der Waals surface area contributed by atoms with Crippen LogP contribution in [0.15, 0.2) is 54.6 Å². The number of carbonyl (C=O) groups is 1. The molecule has 0 unspecified atom stereocenters. The minimum Gasteiger partial charge on any atom is -0.497 e. The Morgan fingerprint density at radius 3 is 2.58 bits per heavy atom. The number of methoxy groups -OCH3 is 1. The van der Waals surface area contributed by atoms with E-state index in [1.807, 2.05) is 47.4 Å². The van der Waals surface area contributed by atoms with Crippen LogP contribution in [-0.4, -0.2) is 37.0 Å². The van der Waals surface area contributed by atoms with Gasteiger partial charge in [-0.1, -0.05) is 42.5 Å². The molecule has 3 rings (SSSR count). The summed E-state index contributed by atoms with van der Waals surface area (Å²) in [5.41, 5.74) is 8.50. The van der Waals surface area contributed by atoms with E-state index in [1.165, 1.54) is 5.56 Å². The number of ether oxygens (including phenoxy) is 1. The Morgan fingerprint density at radius 1 is 1.21 bits per heavy atom. The lowest BCUT2D eigenvalue weighted by Gasteiger charge is -2.21. The predicted octanol–water partition coefficient (Wildman–Crippen LogP) is 2.58. The third-order valence-corrected chi connectivity index (χ3v) is 4.70. The second-order valence-corrected chi connectivity index (χ2v) is 6.34. The fourth-order valence-corrected chi connectivity index (χ4v) is 3.30. The first kappa shape index (κ1) is 16.5. The van der Waals surface area contributed by atoms with Crippen LogP contribution >= 0.6 is 0 Å². The van der Waals surface area contributed by atoms with Gasteiger partial charge in [-0.25, -0.2) is 0 Å². The Morgan fingerprint density at radius 2 is 1.92 bits per heavy atom. The summed E-state index contributed by atoms with van der Waals surface area (Å²) in [5.74, 6) is 1.29. The second kappa shape index (κ2) is 7.49. The maximum absolute atomic E-state index is 12.6. The van der Waals surface area contributed by atoms with E-state index in [2.05, 4.69) is 12.1 Å². The fourth-order valence-electron chi connectivity index (χ4n) is 3.30. The molecule has 4 heteroatoms. The Bertz CT molecular complexity index is 670. The van der Waals surface area contributed by atoms with Gasteiger partial charge < -0.3 is 15.4 Å². The maximum Gasteiger partial charge on any atom is 0.239 e. The number of hydrogen-bond acceptors (Lipinski definition) is 3. The van der Waals surface area contributed by atoms with Crippen molar-refractivity contribution in [1.29, 1.82) is 0 Å². The van der Waals surface area contributed by atoms with Crippen molar-refractivity contribution in [3.05, 3.63) is 65.7 Å². The highest BCUT2D eigenvalue weighted by atomic mass is 16.5. The van der Waals surface area contributed by atoms with Crippen LogP contribution in [0.25, 0.3) is 0 Å². The van der Waals surface area contributed by atoms with Gasteiger partial charge in [-0.3, -0.25) is 4.79 Å². The van der Waals surface area contributed by atoms with E-state index in [0.29, 0.717) is 12.3 Å². The van der Waals surface area contributed by atoms with Gasteiger partial charge in [0.25, 0.3) is 0 Å². The molecular formula is C20H24N2O2. The SMILES string of the molecule is COc1ccc([C@H]2CCN(C(=O)[C@H](N)Cc3ccccc3)C2)cc1. The summed E-state index contributed by atoms with van der Waals surface area (Å²) in [7, 11) is 1.67. The Kier molecular flexibility index (Phi) is 5.16. The number of nitrogens with two attached hydrogens (primary N) is 1. The molecule has 24 heavy (non-hydrogen) atoms. The Labute approximate surface area is 143 Å². The van der Waals surface area contributed by atoms with E-state index in [4.69, 9.17) is 10.5 Å². The molecule has 2 atom stereocenters. The molecule has 1 amide bonds. The molecule has 1 fully saturated rings. The second-order valence-electron chi connectivity index (χ2n) is 6.34. The van der Waals surface area contributed by atoms with Crippen molar-refractivity contribution < 1.29 is 9.53 Å². The largest absolute Gasteiger partial charge is 0.497 e. The predicted molar refractivity (Wildman–Crippen MR) is 95.1 cm³/mol. The van der Waals surface area contributed by atoms with Gasteiger partial charge in [0.15, 0.2) is 0 Å². The molecule has 0 aromatic heterocycles. The molecule has 1 aliphatic heterocycles. The molecule has 0 radical (unpaired) electrons. The van der Waals surface area contributed by atoms with E-state index in [9.17, 15) is 4.79 Å². The summed E-state index contributed by atoms with van der Waals surface area (Å²) in [5, 5.41) is 0. The van der Waals surface area contributed by atoms with Crippen molar-refractivity contribution in [3.8, 4) is 5.75 Å². The Hall–Kier alpha value is -2.33. The molecule has 1 saturated heterocycles. The van der Waals surface area contributed by atoms with Gasteiger partial charge in [-0.15, -0.1) is 0 Å². The third kappa shape index (κ3) is 3.77. The van der Waals surface area contributed by atoms with Gasteiger partial charge >= 0.3 is 0 Å². The first-order valence-electron chi connectivity index (χ1n) is 8.39. The molecule has 0 aliphatic carbocycles. The van der Waals surface area contributed by atoms with Crippen molar-refractivity contribution in [2.24, 2.45) is 5.73 Å². The first-order valence-corrected chi connectivity index (χ1v) is 8.39. The van der Waals surface area contributed by atoms with Gasteiger partial charge in [0.2, 0.25) is 5.91 Å². The molecule has 2 aromatic rings. The number of amides is 1. The lowest BCUT2D eigenvalue weighted by Crippen LogP contribution is -2.43. The van der Waals surface area contributed by atoms with Crippen molar-refractivity contribution in [2.45, 2.75) is 24.8 Å². The Balaban J connectivity index is 1.58. The number of rotatable bonds is 5. The highest BCUT2D eigenvalue weighted by Crippen LogP contribution is 2.28. The summed E-state index contributed by atoms with van der Waals surface area (Å²) in [6, 6.07) is 17.6. The third-order valence-electron chi connectivity index (χ3n) is 4.70. The van der Waals surface area contributed by atoms with E-state index in [0.717, 1.165) is 30.8 Å². The minimum absolute atomic E-state index is 0.0508. The molecular weight excluding hydrogens is 300 g/mol. The quantitative estimate of drug-likeness (QED) is 0.920. The van der Waals surface area contributed by atoms with Crippen LogP contribution in [0.2, 0.25) is 0 Å². The van der Waals surface area contributed by atoms with Crippen LogP contribution in [0.3, 0.4) is 0 Å². The van der Waals surface area contributed by atoms with Crippen LogP contribution in [0, 0.1) is 0 Å². The monoisotopic (exact) mass is 324 g/mol. The van der Waals surface area contributed by atoms with E-state index < -0.39 is 6.04 Å². The standard InChI is InChI=1S/C20H24N2O2/c1-24-18-9-7-16(8-10-18)17-11-12-22(14-17)20(23)19(21)13-15-5-3-2-4-6-15/h2-10,17,19H,11-14,21H2,1H3/t17-,19+/m0/s1. The molecule has 126 valence electrons. The highest BCUT2D eigenvalue weighted by molar-refractivity contribution is 5.82. The molecule has 0 bridgehead atoms. The number of carbonyl (C=O) groups excluding carboxylic acids is 1.